The Balaban J connectivity index is 2.95. The number of nitrogens with one attached hydrogen (secondary N) is 1. The van der Waals surface area contributed by atoms with E-state index in [2.05, 4.69) is 18.8 Å². The van der Waals surface area contributed by atoms with Crippen LogP contribution >= 0.6 is 0 Å². The third kappa shape index (κ3) is 7.36. The fourth-order valence-electron chi connectivity index (χ4n) is 0.671. The molecule has 0 aliphatic rings. The molecule has 0 spiro atoms. The van der Waals surface area contributed by atoms with Gasteiger partial charge in [0.2, 0.25) is 0 Å². The lowest BCUT2D eigenvalue weighted by Crippen LogP contribution is -2.34. The zero-order chi connectivity index (χ0) is 8.53. The minimum Gasteiger partial charge on any atom is -0.502 e. The van der Waals surface area contributed by atoms with Crippen LogP contribution in [0, 0.1) is 0 Å². The Bertz CT molecular complexity index is 96.1. The highest BCUT2D eigenvalue weighted by atomic mass is 16.5. The summed E-state index contributed by atoms with van der Waals surface area (Å²) < 4.78 is 4.94. The van der Waals surface area contributed by atoms with Gasteiger partial charge in [-0.05, 0) is 19.9 Å². The summed E-state index contributed by atoms with van der Waals surface area (Å²) in [6.07, 6.45) is 2.46. The topological polar surface area (TPSA) is 47.3 Å². The first kappa shape index (κ1) is 10.5. The lowest BCUT2D eigenvalue weighted by molar-refractivity contribution is 0.243. The predicted molar refractivity (Wildman–Crippen MR) is 47.3 cm³/mol. The molecular formula is C8H18N2O. The fraction of sp³-hybridized carbons (Fsp3) is 0.750. The standard InChI is InChI=1S/C8H18N2O/c1-3-11-6-4-5-10-8(2)7-9/h3,8,10H,1,4-7,9H2,2H3. The van der Waals surface area contributed by atoms with E-state index in [1.54, 1.807) is 0 Å². The Labute approximate surface area is 68.6 Å². The monoisotopic (exact) mass is 158 g/mol. The van der Waals surface area contributed by atoms with E-state index in [-0.39, 0.29) is 0 Å². The molecule has 0 bridgehead atoms. The molecule has 0 amide bonds. The van der Waals surface area contributed by atoms with Gasteiger partial charge in [-0.1, -0.05) is 6.58 Å². The van der Waals surface area contributed by atoms with Crippen LogP contribution in [-0.4, -0.2) is 25.7 Å². The van der Waals surface area contributed by atoms with E-state index in [0.29, 0.717) is 12.6 Å². The molecule has 0 heterocycles. The van der Waals surface area contributed by atoms with Crippen molar-refractivity contribution in [3.05, 3.63) is 12.8 Å². The van der Waals surface area contributed by atoms with Crippen LogP contribution in [-0.2, 0) is 4.74 Å². The smallest absolute Gasteiger partial charge is 0.0885 e. The average Bonchev–Trinajstić information content (AvgIpc) is 2.04. The van der Waals surface area contributed by atoms with Gasteiger partial charge < -0.3 is 15.8 Å². The van der Waals surface area contributed by atoms with Gasteiger partial charge in [-0.25, -0.2) is 0 Å². The third-order valence-corrected chi connectivity index (χ3v) is 1.40. The Morgan fingerprint density at radius 1 is 1.73 bits per heavy atom. The summed E-state index contributed by atoms with van der Waals surface area (Å²) in [4.78, 5) is 0. The third-order valence-electron chi connectivity index (χ3n) is 1.40. The van der Waals surface area contributed by atoms with Gasteiger partial charge in [0.15, 0.2) is 0 Å². The number of hydrogen-bond donors (Lipinski definition) is 2. The van der Waals surface area contributed by atoms with Crippen LogP contribution in [0.15, 0.2) is 12.8 Å². The molecule has 3 N–H and O–H groups in total. The highest BCUT2D eigenvalue weighted by Gasteiger charge is 1.94. The van der Waals surface area contributed by atoms with Gasteiger partial charge in [-0.3, -0.25) is 0 Å². The number of ether oxygens (including phenoxy) is 1. The summed E-state index contributed by atoms with van der Waals surface area (Å²) in [5.74, 6) is 0. The minimum absolute atomic E-state index is 0.402. The summed E-state index contributed by atoms with van der Waals surface area (Å²) in [6.45, 7) is 7.87. The zero-order valence-corrected chi connectivity index (χ0v) is 7.18. The van der Waals surface area contributed by atoms with Crippen LogP contribution in [0.25, 0.3) is 0 Å². The highest BCUT2D eigenvalue weighted by Crippen LogP contribution is 1.82. The van der Waals surface area contributed by atoms with E-state index >= 15 is 0 Å². The number of hydrogen-bond acceptors (Lipinski definition) is 3. The van der Waals surface area contributed by atoms with Gasteiger partial charge in [0.1, 0.15) is 0 Å². The molecule has 3 heteroatoms. The van der Waals surface area contributed by atoms with Gasteiger partial charge in [0.05, 0.1) is 12.9 Å². The zero-order valence-electron chi connectivity index (χ0n) is 7.18. The van der Waals surface area contributed by atoms with Crippen molar-refractivity contribution in [2.75, 3.05) is 19.7 Å². The summed E-state index contributed by atoms with van der Waals surface area (Å²) in [6, 6.07) is 0.402. The Kier molecular flexibility index (Phi) is 7.19. The molecule has 0 saturated heterocycles. The quantitative estimate of drug-likeness (QED) is 0.418. The van der Waals surface area contributed by atoms with Crippen molar-refractivity contribution in [1.29, 1.82) is 0 Å². The molecule has 1 unspecified atom stereocenters. The van der Waals surface area contributed by atoms with E-state index in [4.69, 9.17) is 10.5 Å². The Morgan fingerprint density at radius 3 is 3.00 bits per heavy atom. The fourth-order valence-corrected chi connectivity index (χ4v) is 0.671. The molecule has 3 nitrogen and oxygen atoms in total. The second kappa shape index (κ2) is 7.57. The second-order valence-corrected chi connectivity index (χ2v) is 2.48. The molecule has 0 aromatic rings. The van der Waals surface area contributed by atoms with Crippen LogP contribution < -0.4 is 11.1 Å². The molecule has 0 aliphatic carbocycles. The molecule has 0 aromatic carbocycles. The molecule has 66 valence electrons. The van der Waals surface area contributed by atoms with E-state index in [9.17, 15) is 0 Å². The number of nitrogens with two attached hydrogens (primary N) is 1. The van der Waals surface area contributed by atoms with Crippen molar-refractivity contribution in [2.45, 2.75) is 19.4 Å². The molecule has 11 heavy (non-hydrogen) atoms. The van der Waals surface area contributed by atoms with Crippen LogP contribution in [0.5, 0.6) is 0 Å². The van der Waals surface area contributed by atoms with Gasteiger partial charge in [0, 0.05) is 12.6 Å². The molecule has 0 aliphatic heterocycles. The van der Waals surface area contributed by atoms with Gasteiger partial charge in [-0.15, -0.1) is 0 Å². The molecule has 0 aromatic heterocycles. The summed E-state index contributed by atoms with van der Waals surface area (Å²) >= 11 is 0. The second-order valence-electron chi connectivity index (χ2n) is 2.48. The molecule has 0 radical (unpaired) electrons. The number of rotatable bonds is 7. The first-order valence-corrected chi connectivity index (χ1v) is 3.97. The van der Waals surface area contributed by atoms with Crippen molar-refractivity contribution in [2.24, 2.45) is 5.73 Å². The van der Waals surface area contributed by atoms with Crippen LogP contribution in [0.3, 0.4) is 0 Å². The van der Waals surface area contributed by atoms with E-state index in [1.807, 2.05) is 0 Å². The molecule has 0 fully saturated rings. The maximum absolute atomic E-state index is 5.40. The van der Waals surface area contributed by atoms with Crippen molar-refractivity contribution in [1.82, 2.24) is 5.32 Å². The van der Waals surface area contributed by atoms with Gasteiger partial charge in [0.25, 0.3) is 0 Å². The first-order chi connectivity index (χ1) is 5.31. The summed E-state index contributed by atoms with van der Waals surface area (Å²) in [7, 11) is 0. The first-order valence-electron chi connectivity index (χ1n) is 3.97. The maximum Gasteiger partial charge on any atom is 0.0885 e. The Hall–Kier alpha value is -0.540. The van der Waals surface area contributed by atoms with E-state index in [1.165, 1.54) is 6.26 Å². The summed E-state index contributed by atoms with van der Waals surface area (Å²) in [5.41, 5.74) is 5.40. The normalized spacial score (nSPS) is 12.5. The average molecular weight is 158 g/mol. The molecule has 0 saturated carbocycles. The maximum atomic E-state index is 5.40. The van der Waals surface area contributed by atoms with Crippen molar-refractivity contribution < 1.29 is 4.74 Å². The molecular weight excluding hydrogens is 140 g/mol. The van der Waals surface area contributed by atoms with Crippen molar-refractivity contribution >= 4 is 0 Å². The SMILES string of the molecule is C=COCCCNC(C)CN. The molecule has 1 atom stereocenters. The highest BCUT2D eigenvalue weighted by molar-refractivity contribution is 4.60. The van der Waals surface area contributed by atoms with Gasteiger partial charge in [-0.2, -0.15) is 0 Å². The van der Waals surface area contributed by atoms with E-state index < -0.39 is 0 Å². The Morgan fingerprint density at radius 2 is 2.45 bits per heavy atom. The van der Waals surface area contributed by atoms with E-state index in [0.717, 1.165) is 19.6 Å². The van der Waals surface area contributed by atoms with Crippen LogP contribution in [0.2, 0.25) is 0 Å². The van der Waals surface area contributed by atoms with Crippen LogP contribution in [0.1, 0.15) is 13.3 Å². The van der Waals surface area contributed by atoms with Crippen LogP contribution in [0.4, 0.5) is 0 Å². The summed E-state index contributed by atoms with van der Waals surface area (Å²) in [5, 5.41) is 3.25. The van der Waals surface area contributed by atoms with Crippen molar-refractivity contribution in [3.63, 3.8) is 0 Å². The van der Waals surface area contributed by atoms with Crippen molar-refractivity contribution in [3.8, 4) is 0 Å². The lowest BCUT2D eigenvalue weighted by Gasteiger charge is -2.10. The minimum atomic E-state index is 0.402. The predicted octanol–water partition coefficient (Wildman–Crippen LogP) is 0.473. The van der Waals surface area contributed by atoms with Gasteiger partial charge >= 0.3 is 0 Å². The largest absolute Gasteiger partial charge is 0.502 e. The lowest BCUT2D eigenvalue weighted by atomic mass is 10.3. The molecule has 0 rings (SSSR count).